The number of rotatable bonds is 7. The lowest BCUT2D eigenvalue weighted by atomic mass is 10.2. The maximum absolute atomic E-state index is 5.88. The van der Waals surface area contributed by atoms with Gasteiger partial charge in [-0.2, -0.15) is 5.10 Å². The van der Waals surface area contributed by atoms with Crippen molar-refractivity contribution in [2.45, 2.75) is 39.5 Å². The summed E-state index contributed by atoms with van der Waals surface area (Å²) in [5.41, 5.74) is 7.57. The Morgan fingerprint density at radius 3 is 2.81 bits per heavy atom. The summed E-state index contributed by atoms with van der Waals surface area (Å²) in [7, 11) is 1.63. The molecule has 0 bridgehead atoms. The standard InChI is InChI=1S/C16H23N3O2/c1-4-12(2)19-9-8-14(18-19)11-21-16-13(10-17)6-5-7-15(16)20-3/h5-9,12H,4,10-11,17H2,1-3H3. The van der Waals surface area contributed by atoms with Crippen LogP contribution in [0.2, 0.25) is 0 Å². The molecule has 0 aliphatic heterocycles. The van der Waals surface area contributed by atoms with Gasteiger partial charge in [-0.05, 0) is 25.5 Å². The Hall–Kier alpha value is -2.01. The van der Waals surface area contributed by atoms with Crippen molar-refractivity contribution in [1.29, 1.82) is 0 Å². The Labute approximate surface area is 125 Å². The molecule has 0 aliphatic rings. The van der Waals surface area contributed by atoms with Crippen LogP contribution in [0, 0.1) is 0 Å². The third kappa shape index (κ3) is 3.55. The largest absolute Gasteiger partial charge is 0.493 e. The zero-order valence-corrected chi connectivity index (χ0v) is 12.9. The van der Waals surface area contributed by atoms with E-state index in [2.05, 4.69) is 18.9 Å². The van der Waals surface area contributed by atoms with Crippen LogP contribution < -0.4 is 15.2 Å². The maximum Gasteiger partial charge on any atom is 0.166 e. The average molecular weight is 289 g/mol. The molecule has 1 heterocycles. The highest BCUT2D eigenvalue weighted by Gasteiger charge is 2.11. The first-order valence-corrected chi connectivity index (χ1v) is 7.22. The van der Waals surface area contributed by atoms with Gasteiger partial charge in [-0.15, -0.1) is 0 Å². The van der Waals surface area contributed by atoms with Crippen molar-refractivity contribution in [2.75, 3.05) is 7.11 Å². The minimum atomic E-state index is 0.393. The molecular formula is C16H23N3O2. The SMILES string of the molecule is CCC(C)n1ccc(COc2c(CN)cccc2OC)n1. The van der Waals surface area contributed by atoms with E-state index in [1.807, 2.05) is 35.1 Å². The Bertz CT molecular complexity index is 558. The van der Waals surface area contributed by atoms with Gasteiger partial charge in [0.25, 0.3) is 0 Å². The van der Waals surface area contributed by atoms with E-state index < -0.39 is 0 Å². The molecular weight excluding hydrogens is 266 g/mol. The molecule has 2 aromatic rings. The number of hydrogen-bond acceptors (Lipinski definition) is 4. The summed E-state index contributed by atoms with van der Waals surface area (Å²) in [6.07, 6.45) is 3.03. The minimum absolute atomic E-state index is 0.393. The van der Waals surface area contributed by atoms with Crippen molar-refractivity contribution >= 4 is 0 Å². The molecule has 2 N–H and O–H groups in total. The number of methoxy groups -OCH3 is 1. The van der Waals surface area contributed by atoms with Gasteiger partial charge in [0.2, 0.25) is 0 Å². The zero-order chi connectivity index (χ0) is 15.2. The highest BCUT2D eigenvalue weighted by molar-refractivity contribution is 5.46. The van der Waals surface area contributed by atoms with Crippen LogP contribution in [0.15, 0.2) is 30.5 Å². The molecule has 114 valence electrons. The van der Waals surface area contributed by atoms with Gasteiger partial charge < -0.3 is 15.2 Å². The number of para-hydroxylation sites is 1. The first-order chi connectivity index (χ1) is 10.2. The molecule has 1 atom stereocenters. The summed E-state index contributed by atoms with van der Waals surface area (Å²) in [5.74, 6) is 1.39. The fraction of sp³-hybridized carbons (Fsp3) is 0.438. The van der Waals surface area contributed by atoms with E-state index in [1.165, 1.54) is 0 Å². The first kappa shape index (κ1) is 15.4. The highest BCUT2D eigenvalue weighted by atomic mass is 16.5. The van der Waals surface area contributed by atoms with Crippen LogP contribution >= 0.6 is 0 Å². The Morgan fingerprint density at radius 1 is 1.33 bits per heavy atom. The van der Waals surface area contributed by atoms with Crippen molar-refractivity contribution in [3.63, 3.8) is 0 Å². The first-order valence-electron chi connectivity index (χ1n) is 7.22. The number of aromatic nitrogens is 2. The van der Waals surface area contributed by atoms with E-state index in [1.54, 1.807) is 7.11 Å². The van der Waals surface area contributed by atoms with Gasteiger partial charge in [0.1, 0.15) is 6.61 Å². The molecule has 1 unspecified atom stereocenters. The predicted octanol–water partition coefficient (Wildman–Crippen LogP) is 2.90. The van der Waals surface area contributed by atoms with Crippen LogP contribution in [0.25, 0.3) is 0 Å². The van der Waals surface area contributed by atoms with E-state index in [0.717, 1.165) is 17.7 Å². The highest BCUT2D eigenvalue weighted by Crippen LogP contribution is 2.31. The second-order valence-electron chi connectivity index (χ2n) is 4.99. The normalized spacial score (nSPS) is 12.2. The Kier molecular flexibility index (Phi) is 5.22. The van der Waals surface area contributed by atoms with Crippen molar-refractivity contribution in [3.8, 4) is 11.5 Å². The molecule has 0 spiro atoms. The number of hydrogen-bond donors (Lipinski definition) is 1. The quantitative estimate of drug-likeness (QED) is 0.851. The van der Waals surface area contributed by atoms with Crippen molar-refractivity contribution in [2.24, 2.45) is 5.73 Å². The van der Waals surface area contributed by atoms with Gasteiger partial charge in [0.05, 0.1) is 12.8 Å². The van der Waals surface area contributed by atoms with Gasteiger partial charge in [0.15, 0.2) is 11.5 Å². The topological polar surface area (TPSA) is 62.3 Å². The summed E-state index contributed by atoms with van der Waals surface area (Å²) in [6, 6.07) is 8.08. The summed E-state index contributed by atoms with van der Waals surface area (Å²) < 4.78 is 13.2. The third-order valence-electron chi connectivity index (χ3n) is 3.57. The zero-order valence-electron chi connectivity index (χ0n) is 12.9. The molecule has 0 aliphatic carbocycles. The number of nitrogens with two attached hydrogens (primary N) is 1. The van der Waals surface area contributed by atoms with E-state index in [4.69, 9.17) is 15.2 Å². The molecule has 21 heavy (non-hydrogen) atoms. The van der Waals surface area contributed by atoms with E-state index in [-0.39, 0.29) is 0 Å². The van der Waals surface area contributed by atoms with Gasteiger partial charge >= 0.3 is 0 Å². The lowest BCUT2D eigenvalue weighted by Gasteiger charge is -2.13. The molecule has 0 fully saturated rings. The third-order valence-corrected chi connectivity index (χ3v) is 3.57. The fourth-order valence-electron chi connectivity index (χ4n) is 2.08. The molecule has 0 radical (unpaired) electrons. The van der Waals surface area contributed by atoms with Crippen molar-refractivity contribution in [1.82, 2.24) is 9.78 Å². The molecule has 5 nitrogen and oxygen atoms in total. The van der Waals surface area contributed by atoms with Crippen LogP contribution in [-0.4, -0.2) is 16.9 Å². The molecule has 2 rings (SSSR count). The lowest BCUT2D eigenvalue weighted by Crippen LogP contribution is -2.07. The van der Waals surface area contributed by atoms with E-state index >= 15 is 0 Å². The maximum atomic E-state index is 5.88. The van der Waals surface area contributed by atoms with Gasteiger partial charge in [0, 0.05) is 24.3 Å². The van der Waals surface area contributed by atoms with Crippen LogP contribution in [-0.2, 0) is 13.2 Å². The summed E-state index contributed by atoms with van der Waals surface area (Å²) >= 11 is 0. The van der Waals surface area contributed by atoms with Gasteiger partial charge in [-0.3, -0.25) is 4.68 Å². The van der Waals surface area contributed by atoms with Crippen LogP contribution in [0.3, 0.4) is 0 Å². The molecule has 0 saturated carbocycles. The molecule has 1 aromatic carbocycles. The molecule has 1 aromatic heterocycles. The van der Waals surface area contributed by atoms with Crippen molar-refractivity contribution in [3.05, 3.63) is 41.7 Å². The van der Waals surface area contributed by atoms with Crippen LogP contribution in [0.4, 0.5) is 0 Å². The summed E-state index contributed by atoms with van der Waals surface area (Å²) in [6.45, 7) is 5.10. The summed E-state index contributed by atoms with van der Waals surface area (Å²) in [5, 5.41) is 4.53. The van der Waals surface area contributed by atoms with Crippen LogP contribution in [0.1, 0.15) is 37.6 Å². The van der Waals surface area contributed by atoms with E-state index in [0.29, 0.717) is 30.7 Å². The fourth-order valence-corrected chi connectivity index (χ4v) is 2.08. The number of benzene rings is 1. The van der Waals surface area contributed by atoms with Gasteiger partial charge in [-0.25, -0.2) is 0 Å². The Balaban J connectivity index is 2.11. The predicted molar refractivity (Wildman–Crippen MR) is 82.4 cm³/mol. The molecule has 0 saturated heterocycles. The summed E-state index contributed by atoms with van der Waals surface area (Å²) in [4.78, 5) is 0. The van der Waals surface area contributed by atoms with E-state index in [9.17, 15) is 0 Å². The van der Waals surface area contributed by atoms with Crippen molar-refractivity contribution < 1.29 is 9.47 Å². The van der Waals surface area contributed by atoms with Crippen LogP contribution in [0.5, 0.6) is 11.5 Å². The molecule has 5 heteroatoms. The second kappa shape index (κ2) is 7.13. The second-order valence-corrected chi connectivity index (χ2v) is 4.99. The molecule has 0 amide bonds. The number of nitrogens with zero attached hydrogens (tertiary/aromatic N) is 2. The smallest absolute Gasteiger partial charge is 0.166 e. The Morgan fingerprint density at radius 2 is 2.14 bits per heavy atom. The van der Waals surface area contributed by atoms with Gasteiger partial charge in [-0.1, -0.05) is 19.1 Å². The average Bonchev–Trinajstić information content (AvgIpc) is 3.00. The number of ether oxygens (including phenoxy) is 2. The monoisotopic (exact) mass is 289 g/mol. The lowest BCUT2D eigenvalue weighted by molar-refractivity contribution is 0.275. The minimum Gasteiger partial charge on any atom is -0.493 e.